The molecule has 0 bridgehead atoms. The number of aliphatic hydroxyl groups is 1. The fourth-order valence-electron chi connectivity index (χ4n) is 5.66. The van der Waals surface area contributed by atoms with E-state index in [9.17, 15) is 23.1 Å². The van der Waals surface area contributed by atoms with Gasteiger partial charge in [0.05, 0.1) is 23.3 Å². The van der Waals surface area contributed by atoms with Crippen LogP contribution in [0.15, 0.2) is 12.5 Å². The Hall–Kier alpha value is -2.73. The van der Waals surface area contributed by atoms with Gasteiger partial charge in [-0.1, -0.05) is 13.8 Å². The molecular formula is C25H34F3N7O2. The number of aromatic nitrogens is 4. The summed E-state index contributed by atoms with van der Waals surface area (Å²) in [7, 11) is 0. The monoisotopic (exact) mass is 521 g/mol. The number of halogens is 3. The number of likely N-dealkylation sites (tertiary alicyclic amines) is 1. The third-order valence-electron chi connectivity index (χ3n) is 7.74. The number of alkyl halides is 3. The first-order valence-corrected chi connectivity index (χ1v) is 13.0. The van der Waals surface area contributed by atoms with Crippen LogP contribution < -0.4 is 10.2 Å². The molecule has 0 radical (unpaired) electrons. The maximum absolute atomic E-state index is 13.9. The molecule has 0 unspecified atom stereocenters. The van der Waals surface area contributed by atoms with Crippen molar-refractivity contribution < 1.29 is 23.1 Å². The first kappa shape index (κ1) is 25.9. The number of fused-ring (bicyclic) bond motifs is 1. The van der Waals surface area contributed by atoms with Crippen LogP contribution in [0.4, 0.5) is 24.8 Å². The number of nitrogens with zero attached hydrogens (tertiary/aromatic N) is 6. The lowest BCUT2D eigenvalue weighted by molar-refractivity contribution is -0.156. The van der Waals surface area contributed by atoms with Gasteiger partial charge >= 0.3 is 6.18 Å². The summed E-state index contributed by atoms with van der Waals surface area (Å²) in [5.74, 6) is -0.900. The predicted molar refractivity (Wildman–Crippen MR) is 132 cm³/mol. The Kier molecular flexibility index (Phi) is 7.14. The first-order valence-electron chi connectivity index (χ1n) is 13.0. The van der Waals surface area contributed by atoms with E-state index in [4.69, 9.17) is 4.98 Å². The number of β-amino-alcohol motifs (C(OH)–C–C–N with tert-alkyl or cyclic N) is 1. The zero-order chi connectivity index (χ0) is 26.3. The number of imidazole rings is 1. The maximum Gasteiger partial charge on any atom is 0.396 e. The third kappa shape index (κ3) is 5.45. The van der Waals surface area contributed by atoms with Crippen LogP contribution in [0, 0.1) is 0 Å². The van der Waals surface area contributed by atoms with Crippen molar-refractivity contribution in [2.24, 2.45) is 0 Å². The second kappa shape index (κ2) is 10.2. The largest absolute Gasteiger partial charge is 0.396 e. The molecule has 9 nitrogen and oxygen atoms in total. The fourth-order valence-corrected chi connectivity index (χ4v) is 5.66. The van der Waals surface area contributed by atoms with E-state index >= 15 is 0 Å². The van der Waals surface area contributed by atoms with Crippen molar-refractivity contribution in [3.63, 3.8) is 0 Å². The van der Waals surface area contributed by atoms with Gasteiger partial charge in [-0.25, -0.2) is 15.0 Å². The molecule has 5 heterocycles. The quantitative estimate of drug-likeness (QED) is 0.602. The van der Waals surface area contributed by atoms with Crippen LogP contribution >= 0.6 is 0 Å². The molecular weight excluding hydrogens is 487 g/mol. The molecule has 37 heavy (non-hydrogen) atoms. The first-order chi connectivity index (χ1) is 17.6. The average molecular weight is 522 g/mol. The molecule has 202 valence electrons. The second-order valence-corrected chi connectivity index (χ2v) is 10.7. The van der Waals surface area contributed by atoms with Gasteiger partial charge < -0.3 is 19.9 Å². The van der Waals surface area contributed by atoms with Gasteiger partial charge in [0.15, 0.2) is 0 Å². The van der Waals surface area contributed by atoms with Crippen LogP contribution in [-0.4, -0.2) is 80.4 Å². The fraction of sp³-hybridized carbons (Fsp3) is 0.680. The number of carbonyl (C=O) groups excluding carboxylic acids is 1. The molecule has 2 aromatic heterocycles. The Bertz CT molecular complexity index is 1130. The van der Waals surface area contributed by atoms with Gasteiger partial charge in [-0.3, -0.25) is 9.69 Å². The molecule has 2 fully saturated rings. The smallest absolute Gasteiger partial charge is 0.392 e. The summed E-state index contributed by atoms with van der Waals surface area (Å²) >= 11 is 0. The minimum atomic E-state index is -4.56. The highest BCUT2D eigenvalue weighted by molar-refractivity contribution is 5.94. The Morgan fingerprint density at radius 1 is 1.14 bits per heavy atom. The van der Waals surface area contributed by atoms with Gasteiger partial charge in [0, 0.05) is 57.8 Å². The van der Waals surface area contributed by atoms with Gasteiger partial charge in [0.2, 0.25) is 5.91 Å². The molecule has 0 saturated carbocycles. The molecule has 2 N–H and O–H groups in total. The van der Waals surface area contributed by atoms with Crippen LogP contribution in [0.1, 0.15) is 74.4 Å². The zero-order valence-corrected chi connectivity index (χ0v) is 21.2. The number of hydrogen-bond acceptors (Lipinski definition) is 7. The van der Waals surface area contributed by atoms with Crippen molar-refractivity contribution in [2.75, 3.05) is 42.9 Å². The summed E-state index contributed by atoms with van der Waals surface area (Å²) in [5, 5.41) is 12.3. The number of amides is 1. The van der Waals surface area contributed by atoms with Crippen LogP contribution in [0.2, 0.25) is 0 Å². The van der Waals surface area contributed by atoms with Gasteiger partial charge in [-0.05, 0) is 25.2 Å². The minimum Gasteiger partial charge on any atom is -0.392 e. The van der Waals surface area contributed by atoms with Crippen molar-refractivity contribution in [1.82, 2.24) is 24.4 Å². The SMILES string of the molecule is CC(C)c1cn(CCN2CC[C@@H](O)C2)c(C2CCN(c3ncnc4c3[C@H](C(F)(F)F)CC(=O)N4)CC2)n1. The standard InChI is InChI=1S/C25H34F3N7O2/c1-15(2)19-13-35(10-9-33-6-5-17(36)12-33)23(31-19)16-3-7-34(8-4-16)24-21-18(25(26,27)28)11-20(37)32-22(21)29-14-30-24/h13-18,36H,3-12H2,1-2H3,(H,29,30,32,37)/t17-,18-/m1/s1. The topological polar surface area (TPSA) is 99.4 Å². The van der Waals surface area contributed by atoms with Crippen molar-refractivity contribution in [2.45, 2.75) is 76.1 Å². The normalized spacial score (nSPS) is 23.5. The Morgan fingerprint density at radius 2 is 1.89 bits per heavy atom. The summed E-state index contributed by atoms with van der Waals surface area (Å²) in [6.45, 7) is 8.52. The average Bonchev–Trinajstić information content (AvgIpc) is 3.47. The number of piperidine rings is 1. The van der Waals surface area contributed by atoms with Crippen LogP contribution in [0.25, 0.3) is 0 Å². The Balaban J connectivity index is 1.33. The summed E-state index contributed by atoms with van der Waals surface area (Å²) < 4.78 is 43.8. The number of rotatable bonds is 6. The summed E-state index contributed by atoms with van der Waals surface area (Å²) in [4.78, 5) is 29.2. The highest BCUT2D eigenvalue weighted by Crippen LogP contribution is 2.46. The molecule has 5 rings (SSSR count). The molecule has 12 heteroatoms. The summed E-state index contributed by atoms with van der Waals surface area (Å²) in [6.07, 6.45) is 0.141. The number of nitrogens with one attached hydrogen (secondary N) is 1. The zero-order valence-electron chi connectivity index (χ0n) is 21.2. The van der Waals surface area contributed by atoms with Gasteiger partial charge in [0.1, 0.15) is 23.8 Å². The lowest BCUT2D eigenvalue weighted by atomic mass is 9.90. The van der Waals surface area contributed by atoms with E-state index < -0.39 is 24.4 Å². The van der Waals surface area contributed by atoms with Gasteiger partial charge in [0.25, 0.3) is 0 Å². The van der Waals surface area contributed by atoms with E-state index in [1.807, 2.05) is 4.90 Å². The summed E-state index contributed by atoms with van der Waals surface area (Å²) in [5.41, 5.74) is 0.997. The lowest BCUT2D eigenvalue weighted by Gasteiger charge is -2.36. The van der Waals surface area contributed by atoms with Crippen LogP contribution in [-0.2, 0) is 11.3 Å². The second-order valence-electron chi connectivity index (χ2n) is 10.7. The lowest BCUT2D eigenvalue weighted by Crippen LogP contribution is -2.38. The van der Waals surface area contributed by atoms with E-state index in [0.29, 0.717) is 19.6 Å². The van der Waals surface area contributed by atoms with E-state index in [-0.39, 0.29) is 35.1 Å². The van der Waals surface area contributed by atoms with E-state index in [1.165, 1.54) is 6.33 Å². The number of anilines is 2. The van der Waals surface area contributed by atoms with E-state index in [0.717, 1.165) is 50.4 Å². The Labute approximate surface area is 214 Å². The molecule has 0 aliphatic carbocycles. The van der Waals surface area contributed by atoms with E-state index in [2.05, 4.69) is 44.8 Å². The third-order valence-corrected chi connectivity index (χ3v) is 7.74. The molecule has 2 atom stereocenters. The highest BCUT2D eigenvalue weighted by Gasteiger charge is 2.48. The van der Waals surface area contributed by atoms with Crippen molar-refractivity contribution in [3.05, 3.63) is 29.6 Å². The summed E-state index contributed by atoms with van der Waals surface area (Å²) in [6, 6.07) is 0. The van der Waals surface area contributed by atoms with Crippen molar-refractivity contribution in [1.29, 1.82) is 0 Å². The predicted octanol–water partition coefficient (Wildman–Crippen LogP) is 3.24. The molecule has 2 aromatic rings. The minimum absolute atomic E-state index is 0.0376. The molecule has 2 saturated heterocycles. The molecule has 3 aliphatic heterocycles. The molecule has 0 aromatic carbocycles. The van der Waals surface area contributed by atoms with E-state index in [1.54, 1.807) is 0 Å². The Morgan fingerprint density at radius 3 is 2.54 bits per heavy atom. The highest BCUT2D eigenvalue weighted by atomic mass is 19.4. The van der Waals surface area contributed by atoms with Crippen molar-refractivity contribution >= 4 is 17.5 Å². The van der Waals surface area contributed by atoms with Gasteiger partial charge in [-0.15, -0.1) is 0 Å². The maximum atomic E-state index is 13.9. The number of aliphatic hydroxyl groups excluding tert-OH is 1. The number of hydrogen-bond donors (Lipinski definition) is 2. The van der Waals surface area contributed by atoms with Crippen LogP contribution in [0.3, 0.4) is 0 Å². The molecule has 0 spiro atoms. The molecule has 1 amide bonds. The molecule has 3 aliphatic rings. The van der Waals surface area contributed by atoms with Crippen molar-refractivity contribution in [3.8, 4) is 0 Å². The number of carbonyl (C=O) groups is 1. The van der Waals surface area contributed by atoms with Crippen LogP contribution in [0.5, 0.6) is 0 Å². The van der Waals surface area contributed by atoms with Gasteiger partial charge in [-0.2, -0.15) is 13.2 Å².